The molecule has 1 N–H and O–H groups in total. The molecule has 1 rings (SSSR count). The number of methoxy groups -OCH3 is 1. The average Bonchev–Trinajstić information content (AvgIpc) is 2.38. The summed E-state index contributed by atoms with van der Waals surface area (Å²) in [5.41, 5.74) is 0.204. The molecule has 0 aliphatic carbocycles. The minimum absolute atomic E-state index is 0.0481. The van der Waals surface area contributed by atoms with Crippen LogP contribution < -0.4 is 0 Å². The van der Waals surface area contributed by atoms with E-state index in [0.29, 0.717) is 0 Å². The SMILES string of the molecule is COCCN(C(C)C)S(=O)(=O)c1ccc(Cl)c(CO)c1Cl. The molecule has 0 bridgehead atoms. The summed E-state index contributed by atoms with van der Waals surface area (Å²) in [6, 6.07) is 2.51. The third kappa shape index (κ3) is 4.09. The largest absolute Gasteiger partial charge is 0.392 e. The third-order valence-corrected chi connectivity index (χ3v) is 6.00. The first-order valence-electron chi connectivity index (χ1n) is 6.35. The lowest BCUT2D eigenvalue weighted by atomic mass is 10.2. The quantitative estimate of drug-likeness (QED) is 0.815. The maximum absolute atomic E-state index is 12.7. The van der Waals surface area contributed by atoms with Crippen LogP contribution >= 0.6 is 23.2 Å². The molecule has 0 aromatic heterocycles. The maximum Gasteiger partial charge on any atom is 0.244 e. The van der Waals surface area contributed by atoms with Crippen molar-refractivity contribution < 1.29 is 18.3 Å². The van der Waals surface area contributed by atoms with Crippen LogP contribution in [0.1, 0.15) is 19.4 Å². The Kier molecular flexibility index (Phi) is 6.90. The molecule has 120 valence electrons. The molecule has 0 heterocycles. The van der Waals surface area contributed by atoms with Crippen molar-refractivity contribution in [3.8, 4) is 0 Å². The van der Waals surface area contributed by atoms with E-state index in [9.17, 15) is 13.5 Å². The van der Waals surface area contributed by atoms with E-state index in [1.54, 1.807) is 13.8 Å². The Morgan fingerprint density at radius 1 is 1.33 bits per heavy atom. The number of benzene rings is 1. The van der Waals surface area contributed by atoms with Gasteiger partial charge in [0, 0.05) is 30.3 Å². The molecule has 0 fully saturated rings. The van der Waals surface area contributed by atoms with E-state index in [2.05, 4.69) is 0 Å². The van der Waals surface area contributed by atoms with E-state index in [1.807, 2.05) is 0 Å². The second-order valence-corrected chi connectivity index (χ2v) is 7.34. The van der Waals surface area contributed by atoms with Crippen molar-refractivity contribution in [2.45, 2.75) is 31.4 Å². The monoisotopic (exact) mass is 355 g/mol. The molecule has 1 aromatic rings. The molecule has 0 radical (unpaired) electrons. The van der Waals surface area contributed by atoms with Gasteiger partial charge in [-0.1, -0.05) is 23.2 Å². The lowest BCUT2D eigenvalue weighted by Crippen LogP contribution is -2.39. The summed E-state index contributed by atoms with van der Waals surface area (Å²) in [5, 5.41) is 9.46. The van der Waals surface area contributed by atoms with Gasteiger partial charge >= 0.3 is 0 Å². The van der Waals surface area contributed by atoms with Gasteiger partial charge in [-0.25, -0.2) is 8.42 Å². The zero-order valence-corrected chi connectivity index (χ0v) is 14.5. The van der Waals surface area contributed by atoms with Gasteiger partial charge in [-0.3, -0.25) is 0 Å². The van der Waals surface area contributed by atoms with Crippen molar-refractivity contribution >= 4 is 33.2 Å². The summed E-state index contributed by atoms with van der Waals surface area (Å²) in [6.45, 7) is 3.59. The Labute approximate surface area is 135 Å². The number of aliphatic hydroxyl groups is 1. The summed E-state index contributed by atoms with van der Waals surface area (Å²) in [6.07, 6.45) is 0. The molecule has 8 heteroatoms. The highest BCUT2D eigenvalue weighted by molar-refractivity contribution is 7.89. The first-order chi connectivity index (χ1) is 9.77. The van der Waals surface area contributed by atoms with Gasteiger partial charge in [0.15, 0.2) is 0 Å². The molecule has 1 aromatic carbocycles. The first-order valence-corrected chi connectivity index (χ1v) is 8.55. The molecular formula is C13H19Cl2NO4S. The number of nitrogens with zero attached hydrogens (tertiary/aromatic N) is 1. The first kappa shape index (κ1) is 18.7. The fourth-order valence-corrected chi connectivity index (χ4v) is 4.38. The molecule has 0 amide bonds. The van der Waals surface area contributed by atoms with Gasteiger partial charge < -0.3 is 9.84 Å². The van der Waals surface area contributed by atoms with Gasteiger partial charge in [0.2, 0.25) is 10.0 Å². The Balaban J connectivity index is 3.35. The van der Waals surface area contributed by atoms with Crippen LogP contribution in [0.15, 0.2) is 17.0 Å². The number of hydrogen-bond acceptors (Lipinski definition) is 4. The van der Waals surface area contributed by atoms with E-state index in [1.165, 1.54) is 23.5 Å². The van der Waals surface area contributed by atoms with E-state index >= 15 is 0 Å². The lowest BCUT2D eigenvalue weighted by molar-refractivity contribution is 0.171. The van der Waals surface area contributed by atoms with Crippen molar-refractivity contribution in [3.05, 3.63) is 27.7 Å². The van der Waals surface area contributed by atoms with E-state index in [4.69, 9.17) is 27.9 Å². The number of ether oxygens (including phenoxy) is 1. The lowest BCUT2D eigenvalue weighted by Gasteiger charge is -2.26. The highest BCUT2D eigenvalue weighted by Crippen LogP contribution is 2.33. The van der Waals surface area contributed by atoms with Crippen molar-refractivity contribution in [1.29, 1.82) is 0 Å². The molecule has 0 unspecified atom stereocenters. The maximum atomic E-state index is 12.7. The van der Waals surface area contributed by atoms with Gasteiger partial charge in [0.25, 0.3) is 0 Å². The summed E-state index contributed by atoms with van der Waals surface area (Å²) in [4.78, 5) is -0.0672. The zero-order chi connectivity index (χ0) is 16.2. The topological polar surface area (TPSA) is 66.8 Å². The van der Waals surface area contributed by atoms with Gasteiger partial charge in [-0.15, -0.1) is 0 Å². The van der Waals surface area contributed by atoms with Gasteiger partial charge in [-0.2, -0.15) is 4.31 Å². The summed E-state index contributed by atoms with van der Waals surface area (Å²) >= 11 is 12.0. The summed E-state index contributed by atoms with van der Waals surface area (Å²) in [7, 11) is -2.30. The fourth-order valence-electron chi connectivity index (χ4n) is 1.88. The highest BCUT2D eigenvalue weighted by atomic mass is 35.5. The van der Waals surface area contributed by atoms with E-state index < -0.39 is 16.6 Å². The molecule has 0 saturated heterocycles. The predicted molar refractivity (Wildman–Crippen MR) is 83.3 cm³/mol. The second kappa shape index (κ2) is 7.76. The van der Waals surface area contributed by atoms with Crippen molar-refractivity contribution in [2.24, 2.45) is 0 Å². The standard InChI is InChI=1S/C13H19Cl2NO4S/c1-9(2)16(6-7-20-3)21(18,19)12-5-4-11(14)10(8-17)13(12)15/h4-5,9,17H,6-8H2,1-3H3. The van der Waals surface area contributed by atoms with Crippen molar-refractivity contribution in [1.82, 2.24) is 4.31 Å². The second-order valence-electron chi connectivity index (χ2n) is 4.70. The Morgan fingerprint density at radius 3 is 2.43 bits per heavy atom. The number of sulfonamides is 1. The third-order valence-electron chi connectivity index (χ3n) is 2.99. The van der Waals surface area contributed by atoms with Crippen LogP contribution in [0.4, 0.5) is 0 Å². The highest BCUT2D eigenvalue weighted by Gasteiger charge is 2.30. The average molecular weight is 356 g/mol. The van der Waals surface area contributed by atoms with Crippen LogP contribution in [0.3, 0.4) is 0 Å². The molecule has 0 saturated carbocycles. The number of hydrogen-bond donors (Lipinski definition) is 1. The molecule has 5 nitrogen and oxygen atoms in total. The van der Waals surface area contributed by atoms with Crippen LogP contribution in [0.2, 0.25) is 10.0 Å². The molecule has 0 aliphatic rings. The van der Waals surface area contributed by atoms with Crippen molar-refractivity contribution in [3.63, 3.8) is 0 Å². The van der Waals surface area contributed by atoms with Crippen LogP contribution in [0, 0.1) is 0 Å². The Bertz CT molecular complexity index is 590. The van der Waals surface area contributed by atoms with Crippen LogP contribution in [0.25, 0.3) is 0 Å². The zero-order valence-electron chi connectivity index (χ0n) is 12.1. The molecular weight excluding hydrogens is 337 g/mol. The van der Waals surface area contributed by atoms with Gasteiger partial charge in [0.05, 0.1) is 18.2 Å². The van der Waals surface area contributed by atoms with Crippen LogP contribution in [-0.4, -0.2) is 44.1 Å². The van der Waals surface area contributed by atoms with Crippen molar-refractivity contribution in [2.75, 3.05) is 20.3 Å². The fraction of sp³-hybridized carbons (Fsp3) is 0.538. The molecule has 0 spiro atoms. The normalized spacial score (nSPS) is 12.4. The van der Waals surface area contributed by atoms with E-state index in [-0.39, 0.29) is 39.7 Å². The molecule has 21 heavy (non-hydrogen) atoms. The molecule has 0 aliphatic heterocycles. The summed E-state index contributed by atoms with van der Waals surface area (Å²) < 4.78 is 31.7. The Hall–Kier alpha value is -0.370. The smallest absolute Gasteiger partial charge is 0.244 e. The minimum atomic E-state index is -3.80. The van der Waals surface area contributed by atoms with Crippen LogP contribution in [0.5, 0.6) is 0 Å². The number of rotatable bonds is 7. The Morgan fingerprint density at radius 2 is 1.95 bits per heavy atom. The minimum Gasteiger partial charge on any atom is -0.392 e. The number of aliphatic hydroxyl groups excluding tert-OH is 1. The number of halogens is 2. The van der Waals surface area contributed by atoms with E-state index in [0.717, 1.165) is 0 Å². The predicted octanol–water partition coefficient (Wildman–Crippen LogP) is 2.53. The van der Waals surface area contributed by atoms with Crippen LogP contribution in [-0.2, 0) is 21.4 Å². The van der Waals surface area contributed by atoms with Gasteiger partial charge in [0.1, 0.15) is 4.90 Å². The van der Waals surface area contributed by atoms with Gasteiger partial charge in [-0.05, 0) is 26.0 Å². The molecule has 0 atom stereocenters. The summed E-state index contributed by atoms with van der Waals surface area (Å²) in [5.74, 6) is 0.